The van der Waals surface area contributed by atoms with E-state index in [0.29, 0.717) is 39.0 Å². The van der Waals surface area contributed by atoms with Crippen LogP contribution in [0.15, 0.2) is 54.9 Å². The van der Waals surface area contributed by atoms with Gasteiger partial charge in [-0.25, -0.2) is 0 Å². The molecule has 5 nitrogen and oxygen atoms in total. The van der Waals surface area contributed by atoms with Crippen LogP contribution in [0.5, 0.6) is 5.75 Å². The van der Waals surface area contributed by atoms with Gasteiger partial charge < -0.3 is 14.4 Å². The number of para-hydroxylation sites is 1. The van der Waals surface area contributed by atoms with Crippen molar-refractivity contribution in [3.63, 3.8) is 0 Å². The largest absolute Gasteiger partial charge is 0.434 e. The first-order valence-corrected chi connectivity index (χ1v) is 9.40. The summed E-state index contributed by atoms with van der Waals surface area (Å²) in [6.45, 7) is -0.414. The summed E-state index contributed by atoms with van der Waals surface area (Å²) >= 11 is 0. The topological polar surface area (TPSA) is 50.5 Å². The highest BCUT2D eigenvalue weighted by Gasteiger charge is 2.33. The maximum atomic E-state index is 12.6. The number of fused-ring (bicyclic) bond motifs is 1. The third-order valence-corrected chi connectivity index (χ3v) is 5.37. The highest BCUT2D eigenvalue weighted by Crippen LogP contribution is 2.29. The Kier molecular flexibility index (Phi) is 5.28. The van der Waals surface area contributed by atoms with Gasteiger partial charge in [0.25, 0.3) is 0 Å². The number of hydrogen-bond donors (Lipinski definition) is 1. The first kappa shape index (κ1) is 18.8. The Morgan fingerprint density at radius 3 is 2.68 bits per heavy atom. The van der Waals surface area contributed by atoms with Crippen LogP contribution >= 0.6 is 0 Å². The van der Waals surface area contributed by atoms with Gasteiger partial charge in [0.1, 0.15) is 5.75 Å². The lowest BCUT2D eigenvalue weighted by atomic mass is 9.91. The third kappa shape index (κ3) is 4.15. The van der Waals surface area contributed by atoms with Crippen LogP contribution < -0.4 is 4.74 Å². The zero-order valence-corrected chi connectivity index (χ0v) is 15.5. The van der Waals surface area contributed by atoms with Gasteiger partial charge in [0.2, 0.25) is 0 Å². The van der Waals surface area contributed by atoms with Crippen LogP contribution in [-0.4, -0.2) is 44.9 Å². The lowest BCUT2D eigenvalue weighted by molar-refractivity contribution is -0.0517. The molecule has 1 aromatic carbocycles. The number of rotatable bonds is 6. The summed E-state index contributed by atoms with van der Waals surface area (Å²) in [5.41, 5.74) is 1.86. The second-order valence-corrected chi connectivity index (χ2v) is 7.34. The summed E-state index contributed by atoms with van der Waals surface area (Å²) in [7, 11) is 0. The van der Waals surface area contributed by atoms with E-state index >= 15 is 0 Å². The number of benzene rings is 1. The SMILES string of the molecule is OC1(Cn2ccc3ncccc32)CCN(Cc2ccccc2OC(F)F)CC1. The van der Waals surface area contributed by atoms with Gasteiger partial charge in [0.15, 0.2) is 0 Å². The van der Waals surface area contributed by atoms with E-state index in [-0.39, 0.29) is 5.75 Å². The van der Waals surface area contributed by atoms with Gasteiger partial charge in [-0.1, -0.05) is 18.2 Å². The normalized spacial score (nSPS) is 17.3. The first-order chi connectivity index (χ1) is 13.5. The molecule has 0 aliphatic carbocycles. The van der Waals surface area contributed by atoms with Crippen LogP contribution in [0.3, 0.4) is 0 Å². The van der Waals surface area contributed by atoms with E-state index in [9.17, 15) is 13.9 Å². The van der Waals surface area contributed by atoms with Gasteiger partial charge in [-0.05, 0) is 37.1 Å². The molecule has 1 saturated heterocycles. The zero-order valence-electron chi connectivity index (χ0n) is 15.5. The Hall–Kier alpha value is -2.51. The van der Waals surface area contributed by atoms with E-state index < -0.39 is 12.2 Å². The van der Waals surface area contributed by atoms with E-state index in [1.54, 1.807) is 24.4 Å². The van der Waals surface area contributed by atoms with E-state index in [0.717, 1.165) is 16.6 Å². The molecule has 3 aromatic rings. The first-order valence-electron chi connectivity index (χ1n) is 9.40. The lowest BCUT2D eigenvalue weighted by Gasteiger charge is -2.38. The second kappa shape index (κ2) is 7.85. The molecule has 7 heteroatoms. The van der Waals surface area contributed by atoms with Crippen molar-refractivity contribution >= 4 is 11.0 Å². The molecule has 0 saturated carbocycles. The molecule has 0 amide bonds. The van der Waals surface area contributed by atoms with Crippen LogP contribution in [0.25, 0.3) is 11.0 Å². The minimum Gasteiger partial charge on any atom is -0.434 e. The molecule has 0 bridgehead atoms. The number of aromatic nitrogens is 2. The fourth-order valence-electron chi connectivity index (χ4n) is 3.85. The molecular weight excluding hydrogens is 364 g/mol. The third-order valence-electron chi connectivity index (χ3n) is 5.37. The number of piperidine rings is 1. The summed E-state index contributed by atoms with van der Waals surface area (Å²) in [6.07, 6.45) is 4.95. The molecule has 0 spiro atoms. The Morgan fingerprint density at radius 2 is 1.89 bits per heavy atom. The molecular formula is C21H23F2N3O2. The summed E-state index contributed by atoms with van der Waals surface area (Å²) in [4.78, 5) is 6.49. The number of pyridine rings is 1. The maximum Gasteiger partial charge on any atom is 0.387 e. The van der Waals surface area contributed by atoms with Gasteiger partial charge >= 0.3 is 6.61 Å². The fourth-order valence-corrected chi connectivity index (χ4v) is 3.85. The Labute approximate surface area is 162 Å². The highest BCUT2D eigenvalue weighted by molar-refractivity contribution is 5.75. The number of nitrogens with zero attached hydrogens (tertiary/aromatic N) is 3. The summed E-state index contributed by atoms with van der Waals surface area (Å²) < 4.78 is 31.9. The molecule has 1 N–H and O–H groups in total. The number of ether oxygens (including phenoxy) is 1. The van der Waals surface area contributed by atoms with Crippen LogP contribution in [0.1, 0.15) is 18.4 Å². The van der Waals surface area contributed by atoms with Crippen molar-refractivity contribution in [3.8, 4) is 5.75 Å². The summed E-state index contributed by atoms with van der Waals surface area (Å²) in [6, 6.07) is 12.7. The van der Waals surface area contributed by atoms with Crippen molar-refractivity contribution in [2.24, 2.45) is 0 Å². The number of halogens is 2. The van der Waals surface area contributed by atoms with E-state index in [1.807, 2.05) is 35.0 Å². The van der Waals surface area contributed by atoms with E-state index in [2.05, 4.69) is 14.6 Å². The van der Waals surface area contributed by atoms with Gasteiger partial charge in [0, 0.05) is 37.6 Å². The number of aliphatic hydroxyl groups is 1. The van der Waals surface area contributed by atoms with Crippen molar-refractivity contribution in [1.29, 1.82) is 0 Å². The van der Waals surface area contributed by atoms with Gasteiger partial charge in [-0.15, -0.1) is 0 Å². The van der Waals surface area contributed by atoms with Crippen molar-refractivity contribution in [2.45, 2.75) is 38.1 Å². The highest BCUT2D eigenvalue weighted by atomic mass is 19.3. The van der Waals surface area contributed by atoms with Crippen LogP contribution in [0, 0.1) is 0 Å². The molecule has 2 aromatic heterocycles. The minimum atomic E-state index is -2.83. The Bertz CT molecular complexity index is 936. The molecule has 1 fully saturated rings. The number of likely N-dealkylation sites (tertiary alicyclic amines) is 1. The van der Waals surface area contributed by atoms with Crippen molar-refractivity contribution in [3.05, 3.63) is 60.4 Å². The average Bonchev–Trinajstić information content (AvgIpc) is 3.08. The molecule has 0 radical (unpaired) electrons. The summed E-state index contributed by atoms with van der Waals surface area (Å²) in [5, 5.41) is 11.1. The quantitative estimate of drug-likeness (QED) is 0.701. The Balaban J connectivity index is 1.39. The predicted octanol–water partition coefficient (Wildman–Crippen LogP) is 3.66. The predicted molar refractivity (Wildman–Crippen MR) is 102 cm³/mol. The molecule has 4 rings (SSSR count). The summed E-state index contributed by atoms with van der Waals surface area (Å²) in [5.74, 6) is 0.213. The zero-order chi connectivity index (χ0) is 19.6. The monoisotopic (exact) mass is 387 g/mol. The molecule has 1 aliphatic rings. The van der Waals surface area contributed by atoms with Crippen LogP contribution in [0.2, 0.25) is 0 Å². The van der Waals surface area contributed by atoms with Crippen molar-refractivity contribution in [1.82, 2.24) is 14.5 Å². The van der Waals surface area contributed by atoms with Gasteiger partial charge in [-0.2, -0.15) is 8.78 Å². The molecule has 0 atom stereocenters. The lowest BCUT2D eigenvalue weighted by Crippen LogP contribution is -2.46. The smallest absolute Gasteiger partial charge is 0.387 e. The van der Waals surface area contributed by atoms with Gasteiger partial charge in [0.05, 0.1) is 23.2 Å². The van der Waals surface area contributed by atoms with Gasteiger partial charge in [-0.3, -0.25) is 9.88 Å². The minimum absolute atomic E-state index is 0.213. The molecule has 3 heterocycles. The average molecular weight is 387 g/mol. The maximum absolute atomic E-state index is 12.6. The van der Waals surface area contributed by atoms with E-state index in [1.165, 1.54) is 0 Å². The Morgan fingerprint density at radius 1 is 1.11 bits per heavy atom. The fraction of sp³-hybridized carbons (Fsp3) is 0.381. The van der Waals surface area contributed by atoms with Crippen LogP contribution in [0.4, 0.5) is 8.78 Å². The molecule has 1 aliphatic heterocycles. The van der Waals surface area contributed by atoms with Crippen molar-refractivity contribution in [2.75, 3.05) is 13.1 Å². The standard InChI is InChI=1S/C21H23F2N3O2/c22-20(23)28-19-6-2-1-4-16(19)14-25-12-8-21(27,9-13-25)15-26-11-7-17-18(26)5-3-10-24-17/h1-7,10-11,20,27H,8-9,12-15H2. The molecule has 28 heavy (non-hydrogen) atoms. The molecule has 0 unspecified atom stereocenters. The molecule has 148 valence electrons. The number of alkyl halides is 2. The van der Waals surface area contributed by atoms with E-state index in [4.69, 9.17) is 0 Å². The second-order valence-electron chi connectivity index (χ2n) is 7.34. The van der Waals surface area contributed by atoms with Crippen LogP contribution in [-0.2, 0) is 13.1 Å². The number of hydrogen-bond acceptors (Lipinski definition) is 4. The van der Waals surface area contributed by atoms with Crippen molar-refractivity contribution < 1.29 is 18.6 Å².